The molecule has 0 aromatic heterocycles. The van der Waals surface area contributed by atoms with Crippen LogP contribution in [0.25, 0.3) is 10.8 Å². The quantitative estimate of drug-likeness (QED) is 0.670. The number of methoxy groups -OCH3 is 2. The normalized spacial score (nSPS) is 10.4. The van der Waals surface area contributed by atoms with Gasteiger partial charge in [-0.1, -0.05) is 42.5 Å². The number of nitrogens with one attached hydrogen (secondary N) is 1. The minimum atomic E-state index is -0.349. The first kappa shape index (κ1) is 20.2. The molecule has 2 amide bonds. The fourth-order valence-electron chi connectivity index (χ4n) is 3.14. The van der Waals surface area contributed by atoms with Crippen LogP contribution in [0.5, 0.6) is 11.5 Å². The molecule has 1 N–H and O–H groups in total. The van der Waals surface area contributed by atoms with Crippen LogP contribution in [-0.2, 0) is 11.3 Å². The lowest BCUT2D eigenvalue weighted by Gasteiger charge is -2.19. The molecule has 0 aliphatic heterocycles. The molecule has 0 spiro atoms. The molecule has 150 valence electrons. The Labute approximate surface area is 170 Å². The van der Waals surface area contributed by atoms with Gasteiger partial charge in [0.05, 0.1) is 20.8 Å². The van der Waals surface area contributed by atoms with Crippen molar-refractivity contribution in [2.45, 2.75) is 6.54 Å². The van der Waals surface area contributed by atoms with Gasteiger partial charge in [-0.2, -0.15) is 0 Å². The predicted molar refractivity (Wildman–Crippen MR) is 112 cm³/mol. The van der Waals surface area contributed by atoms with E-state index in [2.05, 4.69) is 5.32 Å². The molecule has 0 saturated heterocycles. The first-order valence-corrected chi connectivity index (χ1v) is 9.24. The fraction of sp³-hybridized carbons (Fsp3) is 0.217. The standard InChI is InChI=1S/C23H24N2O4/c1-25(15-18-9-6-8-16-7-4-5-10-19(16)18)22(26)14-24-23(27)17-11-12-20(28-2)21(13-17)29-3/h4-13H,14-15H2,1-3H3,(H,24,27). The summed E-state index contributed by atoms with van der Waals surface area (Å²) in [5, 5.41) is 4.91. The Morgan fingerprint density at radius 3 is 2.41 bits per heavy atom. The average Bonchev–Trinajstić information content (AvgIpc) is 2.76. The molecule has 0 radical (unpaired) electrons. The van der Waals surface area contributed by atoms with Gasteiger partial charge < -0.3 is 19.7 Å². The molecule has 0 atom stereocenters. The summed E-state index contributed by atoms with van der Waals surface area (Å²) in [5.74, 6) is 0.471. The third-order valence-corrected chi connectivity index (χ3v) is 4.76. The Hall–Kier alpha value is -3.54. The van der Waals surface area contributed by atoms with Gasteiger partial charge in [0, 0.05) is 19.2 Å². The van der Waals surface area contributed by atoms with Crippen molar-refractivity contribution in [1.82, 2.24) is 10.2 Å². The van der Waals surface area contributed by atoms with Crippen molar-refractivity contribution < 1.29 is 19.1 Å². The second kappa shape index (κ2) is 9.10. The van der Waals surface area contributed by atoms with Crippen molar-refractivity contribution in [1.29, 1.82) is 0 Å². The highest BCUT2D eigenvalue weighted by molar-refractivity contribution is 5.97. The van der Waals surface area contributed by atoms with Crippen LogP contribution in [-0.4, -0.2) is 44.5 Å². The molecular weight excluding hydrogens is 368 g/mol. The van der Waals surface area contributed by atoms with E-state index >= 15 is 0 Å². The monoisotopic (exact) mass is 392 g/mol. The van der Waals surface area contributed by atoms with Crippen molar-refractivity contribution in [3.05, 3.63) is 71.8 Å². The smallest absolute Gasteiger partial charge is 0.251 e. The van der Waals surface area contributed by atoms with Crippen molar-refractivity contribution in [2.24, 2.45) is 0 Å². The van der Waals surface area contributed by atoms with Gasteiger partial charge in [-0.05, 0) is 34.5 Å². The second-order valence-corrected chi connectivity index (χ2v) is 6.64. The van der Waals surface area contributed by atoms with Crippen LogP contribution in [0.3, 0.4) is 0 Å². The molecule has 0 saturated carbocycles. The van der Waals surface area contributed by atoms with E-state index in [1.54, 1.807) is 30.1 Å². The van der Waals surface area contributed by atoms with Crippen LogP contribution in [0.4, 0.5) is 0 Å². The van der Waals surface area contributed by atoms with Gasteiger partial charge in [0.1, 0.15) is 0 Å². The number of rotatable bonds is 7. The molecular formula is C23H24N2O4. The van der Waals surface area contributed by atoms with Crippen molar-refractivity contribution in [3.8, 4) is 11.5 Å². The summed E-state index contributed by atoms with van der Waals surface area (Å²) in [6, 6.07) is 19.0. The molecule has 3 aromatic rings. The molecule has 6 heteroatoms. The van der Waals surface area contributed by atoms with Crippen LogP contribution in [0.15, 0.2) is 60.7 Å². The average molecular weight is 392 g/mol. The first-order chi connectivity index (χ1) is 14.0. The van der Waals surface area contributed by atoms with Gasteiger partial charge in [-0.15, -0.1) is 0 Å². The lowest BCUT2D eigenvalue weighted by Crippen LogP contribution is -2.37. The third kappa shape index (κ3) is 4.66. The summed E-state index contributed by atoms with van der Waals surface area (Å²) in [6.07, 6.45) is 0. The molecule has 0 aliphatic rings. The van der Waals surface area contributed by atoms with Crippen molar-refractivity contribution in [3.63, 3.8) is 0 Å². The van der Waals surface area contributed by atoms with E-state index < -0.39 is 0 Å². The van der Waals surface area contributed by atoms with Gasteiger partial charge in [0.15, 0.2) is 11.5 Å². The number of hydrogen-bond acceptors (Lipinski definition) is 4. The highest BCUT2D eigenvalue weighted by atomic mass is 16.5. The molecule has 0 unspecified atom stereocenters. The lowest BCUT2D eigenvalue weighted by atomic mass is 10.0. The molecule has 3 rings (SSSR count). The summed E-state index contributed by atoms with van der Waals surface area (Å²) >= 11 is 0. The lowest BCUT2D eigenvalue weighted by molar-refractivity contribution is -0.129. The zero-order valence-corrected chi connectivity index (χ0v) is 16.8. The fourth-order valence-corrected chi connectivity index (χ4v) is 3.14. The zero-order chi connectivity index (χ0) is 20.8. The number of likely N-dealkylation sites (N-methyl/N-ethyl adjacent to an activating group) is 1. The van der Waals surface area contributed by atoms with Crippen molar-refractivity contribution >= 4 is 22.6 Å². The Morgan fingerprint density at radius 2 is 1.66 bits per heavy atom. The zero-order valence-electron chi connectivity index (χ0n) is 16.8. The highest BCUT2D eigenvalue weighted by Gasteiger charge is 2.15. The third-order valence-electron chi connectivity index (χ3n) is 4.76. The van der Waals surface area contributed by atoms with Crippen LogP contribution in [0.1, 0.15) is 15.9 Å². The van der Waals surface area contributed by atoms with Crippen LogP contribution in [0.2, 0.25) is 0 Å². The Bertz CT molecular complexity index is 1030. The number of carbonyl (C=O) groups is 2. The van der Waals surface area contributed by atoms with E-state index in [0.29, 0.717) is 23.6 Å². The topological polar surface area (TPSA) is 67.9 Å². The molecule has 0 aliphatic carbocycles. The summed E-state index contributed by atoms with van der Waals surface area (Å²) in [7, 11) is 4.76. The van der Waals surface area contributed by atoms with E-state index in [4.69, 9.17) is 9.47 Å². The maximum Gasteiger partial charge on any atom is 0.251 e. The van der Waals surface area contributed by atoms with E-state index in [1.165, 1.54) is 14.2 Å². The minimum Gasteiger partial charge on any atom is -0.493 e. The van der Waals surface area contributed by atoms with Gasteiger partial charge in [0.2, 0.25) is 5.91 Å². The Balaban J connectivity index is 1.62. The molecule has 29 heavy (non-hydrogen) atoms. The number of benzene rings is 3. The summed E-state index contributed by atoms with van der Waals surface area (Å²) in [5.41, 5.74) is 1.46. The molecule has 0 heterocycles. The SMILES string of the molecule is COc1ccc(C(=O)NCC(=O)N(C)Cc2cccc3ccccc23)cc1OC. The van der Waals surface area contributed by atoms with Crippen LogP contribution in [0, 0.1) is 0 Å². The second-order valence-electron chi connectivity index (χ2n) is 6.64. The highest BCUT2D eigenvalue weighted by Crippen LogP contribution is 2.27. The maximum atomic E-state index is 12.5. The van der Waals surface area contributed by atoms with Gasteiger partial charge in [0.25, 0.3) is 5.91 Å². The van der Waals surface area contributed by atoms with E-state index in [-0.39, 0.29) is 18.4 Å². The Morgan fingerprint density at radius 1 is 0.931 bits per heavy atom. The van der Waals surface area contributed by atoms with E-state index in [1.807, 2.05) is 42.5 Å². The van der Waals surface area contributed by atoms with Gasteiger partial charge in [-0.25, -0.2) is 0 Å². The largest absolute Gasteiger partial charge is 0.493 e. The molecule has 0 fully saturated rings. The predicted octanol–water partition coefficient (Wildman–Crippen LogP) is 3.25. The minimum absolute atomic E-state index is 0.0888. The maximum absolute atomic E-state index is 12.5. The molecule has 6 nitrogen and oxygen atoms in total. The van der Waals surface area contributed by atoms with Crippen LogP contribution >= 0.6 is 0 Å². The summed E-state index contributed by atoms with van der Waals surface area (Å²) in [6.45, 7) is 0.376. The number of amides is 2. The number of carbonyl (C=O) groups excluding carboxylic acids is 2. The molecule has 3 aromatic carbocycles. The number of ether oxygens (including phenoxy) is 2. The Kier molecular flexibility index (Phi) is 6.34. The van der Waals surface area contributed by atoms with Gasteiger partial charge >= 0.3 is 0 Å². The summed E-state index contributed by atoms with van der Waals surface area (Å²) in [4.78, 5) is 26.5. The van der Waals surface area contributed by atoms with E-state index in [9.17, 15) is 9.59 Å². The van der Waals surface area contributed by atoms with Crippen molar-refractivity contribution in [2.75, 3.05) is 27.8 Å². The summed E-state index contributed by atoms with van der Waals surface area (Å²) < 4.78 is 10.4. The number of fused-ring (bicyclic) bond motifs is 1. The molecule has 0 bridgehead atoms. The number of nitrogens with zero attached hydrogens (tertiary/aromatic N) is 1. The van der Waals surface area contributed by atoms with Gasteiger partial charge in [-0.3, -0.25) is 9.59 Å². The van der Waals surface area contributed by atoms with Crippen LogP contribution < -0.4 is 14.8 Å². The first-order valence-electron chi connectivity index (χ1n) is 9.24. The number of hydrogen-bond donors (Lipinski definition) is 1. The van der Waals surface area contributed by atoms with E-state index in [0.717, 1.165) is 16.3 Å².